The number of halogens is 3. The second-order valence-corrected chi connectivity index (χ2v) is 7.50. The highest BCUT2D eigenvalue weighted by Gasteiger charge is 2.38. The third-order valence-corrected chi connectivity index (χ3v) is 5.44. The van der Waals surface area contributed by atoms with Gasteiger partial charge in [0.25, 0.3) is 0 Å². The minimum atomic E-state index is -3.53. The lowest BCUT2D eigenvalue weighted by molar-refractivity contribution is -0.117. The van der Waals surface area contributed by atoms with Gasteiger partial charge in [-0.05, 0) is 48.7 Å². The zero-order valence-electron chi connectivity index (χ0n) is 15.3. The first-order valence-electron chi connectivity index (χ1n) is 8.78. The second-order valence-electron chi connectivity index (χ2n) is 6.70. The number of carbonyl (C=O) groups excluding carboxylic acids is 1. The quantitative estimate of drug-likeness (QED) is 0.516. The minimum absolute atomic E-state index is 0.0196. The van der Waals surface area contributed by atoms with E-state index >= 15 is 8.78 Å². The fraction of sp³-hybridized carbons (Fsp3) is 0.250. The third kappa shape index (κ3) is 3.56. The fourth-order valence-corrected chi connectivity index (χ4v) is 3.85. The van der Waals surface area contributed by atoms with Crippen molar-refractivity contribution in [1.29, 1.82) is 0 Å². The van der Waals surface area contributed by atoms with Gasteiger partial charge in [0.15, 0.2) is 0 Å². The lowest BCUT2D eigenvalue weighted by Gasteiger charge is -2.19. The maximum absolute atomic E-state index is 15.0. The first kappa shape index (κ1) is 19.7. The molecule has 0 aliphatic carbocycles. The van der Waals surface area contributed by atoms with Crippen molar-refractivity contribution >= 4 is 34.3 Å². The average Bonchev–Trinajstić information content (AvgIpc) is 3.05. The monoisotopic (exact) mass is 419 g/mol. The van der Waals surface area contributed by atoms with Gasteiger partial charge in [-0.1, -0.05) is 0 Å². The zero-order chi connectivity index (χ0) is 20.8. The first-order valence-corrected chi connectivity index (χ1v) is 10.0. The average molecular weight is 419 g/mol. The highest BCUT2D eigenvalue weighted by Crippen LogP contribution is 2.37. The molecule has 0 saturated carbocycles. The van der Waals surface area contributed by atoms with E-state index in [9.17, 15) is 14.3 Å². The van der Waals surface area contributed by atoms with Gasteiger partial charge in [0.05, 0.1) is 24.6 Å². The number of anilines is 1. The fourth-order valence-electron chi connectivity index (χ4n) is 3.28. The van der Waals surface area contributed by atoms with Gasteiger partial charge in [-0.3, -0.25) is 4.79 Å². The van der Waals surface area contributed by atoms with Crippen LogP contribution in [0.1, 0.15) is 17.8 Å². The molecule has 0 radical (unpaired) electrons. The van der Waals surface area contributed by atoms with E-state index in [-0.39, 0.29) is 24.4 Å². The molecule has 5 nitrogen and oxygen atoms in total. The zero-order valence-corrected chi connectivity index (χ0v) is 16.1. The largest absolute Gasteiger partial charge is 0.391 e. The van der Waals surface area contributed by atoms with Gasteiger partial charge in [0.1, 0.15) is 10.8 Å². The molecule has 1 amide bonds. The van der Waals surface area contributed by atoms with Gasteiger partial charge < -0.3 is 10.0 Å². The first-order chi connectivity index (χ1) is 13.8. The van der Waals surface area contributed by atoms with E-state index in [0.717, 1.165) is 24.3 Å². The molecule has 1 aliphatic heterocycles. The molecule has 3 aromatic rings. The Bertz CT molecular complexity index is 1090. The van der Waals surface area contributed by atoms with Crippen molar-refractivity contribution in [2.45, 2.75) is 23.5 Å². The Labute approximate surface area is 168 Å². The molecule has 0 unspecified atom stereocenters. The van der Waals surface area contributed by atoms with Crippen LogP contribution in [-0.2, 0) is 10.7 Å². The summed E-state index contributed by atoms with van der Waals surface area (Å²) in [4.78, 5) is 21.6. The Morgan fingerprint density at radius 2 is 1.90 bits per heavy atom. The van der Waals surface area contributed by atoms with Crippen LogP contribution in [0.2, 0.25) is 0 Å². The molecule has 4 rings (SSSR count). The Hall–Kier alpha value is -2.65. The summed E-state index contributed by atoms with van der Waals surface area (Å²) in [5.74, 6) is -5.09. The molecule has 9 heteroatoms. The van der Waals surface area contributed by atoms with Crippen molar-refractivity contribution in [2.75, 3.05) is 17.7 Å². The predicted octanol–water partition coefficient (Wildman–Crippen LogP) is 3.73. The topological polar surface area (TPSA) is 66.3 Å². The molecule has 29 heavy (non-hydrogen) atoms. The van der Waals surface area contributed by atoms with E-state index < -0.39 is 29.2 Å². The molecular formula is C20H16F3N3O2S. The Kier molecular flexibility index (Phi) is 4.95. The summed E-state index contributed by atoms with van der Waals surface area (Å²) in [5.41, 5.74) is 0.313. The van der Waals surface area contributed by atoms with Crippen LogP contribution in [0.4, 0.5) is 18.9 Å². The molecule has 1 N–H and O–H groups in total. The summed E-state index contributed by atoms with van der Waals surface area (Å²) in [6.45, 7) is 0.142. The van der Waals surface area contributed by atoms with Crippen LogP contribution >= 0.6 is 11.8 Å². The highest BCUT2D eigenvalue weighted by atomic mass is 32.2. The van der Waals surface area contributed by atoms with Crippen LogP contribution in [-0.4, -0.2) is 39.9 Å². The van der Waals surface area contributed by atoms with Crippen molar-refractivity contribution < 1.29 is 23.1 Å². The number of nitrogens with zero attached hydrogens (tertiary/aromatic N) is 3. The molecule has 0 spiro atoms. The van der Waals surface area contributed by atoms with Crippen LogP contribution in [0.25, 0.3) is 10.9 Å². The molecule has 1 atom stereocenters. The van der Waals surface area contributed by atoms with Crippen LogP contribution in [0.15, 0.2) is 47.5 Å². The number of aromatic nitrogens is 2. The number of fused-ring (bicyclic) bond motifs is 1. The van der Waals surface area contributed by atoms with E-state index in [0.29, 0.717) is 16.1 Å². The van der Waals surface area contributed by atoms with Gasteiger partial charge in [-0.15, -0.1) is 11.8 Å². The van der Waals surface area contributed by atoms with E-state index in [1.54, 1.807) is 18.4 Å². The summed E-state index contributed by atoms with van der Waals surface area (Å²) in [6, 6.07) is 8.82. The predicted molar refractivity (Wildman–Crippen MR) is 104 cm³/mol. The van der Waals surface area contributed by atoms with Gasteiger partial charge in [0.2, 0.25) is 11.7 Å². The number of aliphatic hydroxyl groups is 1. The number of benzene rings is 2. The lowest BCUT2D eigenvalue weighted by Crippen LogP contribution is -2.25. The molecule has 1 aromatic heterocycles. The Balaban J connectivity index is 1.83. The van der Waals surface area contributed by atoms with Crippen LogP contribution in [0.3, 0.4) is 0 Å². The van der Waals surface area contributed by atoms with Gasteiger partial charge >= 0.3 is 5.92 Å². The normalized spacial score (nSPS) is 17.3. The summed E-state index contributed by atoms with van der Waals surface area (Å²) >= 11 is 1.20. The molecule has 1 saturated heterocycles. The van der Waals surface area contributed by atoms with Gasteiger partial charge in [-0.25, -0.2) is 14.4 Å². The Morgan fingerprint density at radius 1 is 1.17 bits per heavy atom. The van der Waals surface area contributed by atoms with Crippen LogP contribution in [0.5, 0.6) is 0 Å². The molecule has 0 bridgehead atoms. The smallest absolute Gasteiger partial charge is 0.331 e. The summed E-state index contributed by atoms with van der Waals surface area (Å²) in [5, 5.41) is 10.6. The number of amides is 1. The standard InChI is InChI=1S/C20H16F3N3O2S/c1-29-18-15-7-6-13(26-10-14(27)9-17(26)28)8-16(15)24-19(25-18)20(22,23)11-2-4-12(21)5-3-11/h2-8,14,27H,9-10H2,1H3/t14-/m1/s1. The minimum Gasteiger partial charge on any atom is -0.391 e. The van der Waals surface area contributed by atoms with Crippen molar-refractivity contribution in [2.24, 2.45) is 0 Å². The maximum Gasteiger partial charge on any atom is 0.331 e. The van der Waals surface area contributed by atoms with E-state index in [2.05, 4.69) is 9.97 Å². The number of alkyl halides is 2. The molecule has 1 fully saturated rings. The summed E-state index contributed by atoms with van der Waals surface area (Å²) in [7, 11) is 0. The van der Waals surface area contributed by atoms with E-state index in [4.69, 9.17) is 0 Å². The summed E-state index contributed by atoms with van der Waals surface area (Å²) < 4.78 is 43.2. The van der Waals surface area contributed by atoms with Crippen LogP contribution in [0, 0.1) is 5.82 Å². The van der Waals surface area contributed by atoms with Crippen LogP contribution < -0.4 is 4.90 Å². The number of carbonyl (C=O) groups is 1. The molecule has 1 aliphatic rings. The van der Waals surface area contributed by atoms with Gasteiger partial charge in [0, 0.05) is 16.6 Å². The number of β-amino-alcohol motifs (C(OH)–C–C–N with tert-alkyl or cyclic N) is 1. The maximum atomic E-state index is 15.0. The summed E-state index contributed by atoms with van der Waals surface area (Å²) in [6.07, 6.45) is 0.977. The highest BCUT2D eigenvalue weighted by molar-refractivity contribution is 7.98. The molecule has 2 heterocycles. The Morgan fingerprint density at radius 3 is 2.52 bits per heavy atom. The van der Waals surface area contributed by atoms with Crippen molar-refractivity contribution in [1.82, 2.24) is 9.97 Å². The number of hydrogen-bond donors (Lipinski definition) is 1. The lowest BCUT2D eigenvalue weighted by atomic mass is 10.1. The van der Waals surface area contributed by atoms with Crippen molar-refractivity contribution in [3.05, 3.63) is 59.7 Å². The van der Waals surface area contributed by atoms with E-state index in [1.807, 2.05) is 0 Å². The van der Waals surface area contributed by atoms with Crippen molar-refractivity contribution in [3.8, 4) is 0 Å². The molecule has 150 valence electrons. The second kappa shape index (κ2) is 7.31. The van der Waals surface area contributed by atoms with E-state index in [1.165, 1.54) is 22.7 Å². The third-order valence-electron chi connectivity index (χ3n) is 4.74. The number of aliphatic hydroxyl groups excluding tert-OH is 1. The molecule has 2 aromatic carbocycles. The number of hydrogen-bond acceptors (Lipinski definition) is 5. The SMILES string of the molecule is CSc1nc(C(F)(F)c2ccc(F)cc2)nc2cc(N3C[C@H](O)CC3=O)ccc12. The number of thioether (sulfide) groups is 1. The van der Waals surface area contributed by atoms with Gasteiger partial charge in [-0.2, -0.15) is 8.78 Å². The molecular weight excluding hydrogens is 403 g/mol. The van der Waals surface area contributed by atoms with Crippen molar-refractivity contribution in [3.63, 3.8) is 0 Å². The number of rotatable bonds is 4.